The molecule has 2 aromatic heterocycles. The standard InChI is InChI=1S/C15H15N3O3S.2Na/c1-9-3-4-10-11(7-9)18-15(17-10)22(20)8-12-14(21-2)13(19)5-6-16-12;;/h3-7H,8H2,1-2H3,(H,16,19)(H,17,18);;. The number of H-pyrrole nitrogens is 2. The summed E-state index contributed by atoms with van der Waals surface area (Å²) in [6, 6.07) is 7.16. The second-order valence-electron chi connectivity index (χ2n) is 4.91. The van der Waals surface area contributed by atoms with Crippen LogP contribution in [0.1, 0.15) is 11.3 Å². The summed E-state index contributed by atoms with van der Waals surface area (Å²) in [7, 11) is 0.00701. The average molecular weight is 363 g/mol. The van der Waals surface area contributed by atoms with Crippen molar-refractivity contribution < 1.29 is 8.95 Å². The number of aryl methyl sites for hydroxylation is 1. The first-order valence-electron chi connectivity index (χ1n) is 6.68. The molecule has 3 aromatic rings. The van der Waals surface area contributed by atoms with E-state index >= 15 is 0 Å². The number of hydrogen-bond acceptors (Lipinski definition) is 4. The number of nitrogens with zero attached hydrogens (tertiary/aromatic N) is 1. The third-order valence-electron chi connectivity index (χ3n) is 3.30. The summed E-state index contributed by atoms with van der Waals surface area (Å²) < 4.78 is 17.6. The molecule has 0 fully saturated rings. The minimum absolute atomic E-state index is 0. The van der Waals surface area contributed by atoms with Gasteiger partial charge in [0.25, 0.3) is 0 Å². The molecule has 0 saturated carbocycles. The van der Waals surface area contributed by atoms with E-state index in [2.05, 4.69) is 15.0 Å². The Morgan fingerprint density at radius 3 is 2.71 bits per heavy atom. The fourth-order valence-corrected chi connectivity index (χ4v) is 3.28. The van der Waals surface area contributed by atoms with E-state index in [1.165, 1.54) is 19.4 Å². The van der Waals surface area contributed by atoms with Crippen molar-refractivity contribution in [1.82, 2.24) is 15.0 Å². The van der Waals surface area contributed by atoms with Crippen molar-refractivity contribution in [2.24, 2.45) is 0 Å². The Bertz CT molecular complexity index is 924. The Balaban J connectivity index is 0.00000144. The van der Waals surface area contributed by atoms with Crippen LogP contribution < -0.4 is 10.2 Å². The van der Waals surface area contributed by atoms with Gasteiger partial charge in [-0.15, -0.1) is 0 Å². The molecule has 0 bridgehead atoms. The third kappa shape index (κ3) is 4.60. The summed E-state index contributed by atoms with van der Waals surface area (Å²) in [4.78, 5) is 22.0. The van der Waals surface area contributed by atoms with Gasteiger partial charge < -0.3 is 14.7 Å². The van der Waals surface area contributed by atoms with Crippen LogP contribution in [-0.4, -0.2) is 85.4 Å². The van der Waals surface area contributed by atoms with Gasteiger partial charge in [-0.1, -0.05) is 6.07 Å². The quantitative estimate of drug-likeness (QED) is 0.680. The number of fused-ring (bicyclic) bond motifs is 1. The second kappa shape index (κ2) is 9.33. The molecule has 1 atom stereocenters. The van der Waals surface area contributed by atoms with Gasteiger partial charge in [-0.25, -0.2) is 4.98 Å². The molecule has 6 nitrogen and oxygen atoms in total. The average Bonchev–Trinajstić information content (AvgIpc) is 2.90. The minimum Gasteiger partial charge on any atom is -0.491 e. The minimum atomic E-state index is -1.41. The van der Waals surface area contributed by atoms with Gasteiger partial charge in [0.2, 0.25) is 5.43 Å². The van der Waals surface area contributed by atoms with Gasteiger partial charge in [0.15, 0.2) is 10.9 Å². The Hall–Kier alpha value is -0.410. The molecule has 0 aliphatic carbocycles. The zero-order chi connectivity index (χ0) is 15.7. The van der Waals surface area contributed by atoms with Gasteiger partial charge in [-0.3, -0.25) is 9.00 Å². The topological polar surface area (TPSA) is 87.8 Å². The summed E-state index contributed by atoms with van der Waals surface area (Å²) in [6.07, 6.45) is 1.51. The molecule has 24 heavy (non-hydrogen) atoms. The second-order valence-corrected chi connectivity index (χ2v) is 6.27. The zero-order valence-corrected chi connectivity index (χ0v) is 19.0. The van der Waals surface area contributed by atoms with Crippen LogP contribution in [-0.2, 0) is 16.6 Å². The molecule has 9 heteroatoms. The first kappa shape index (κ1) is 21.6. The Morgan fingerprint density at radius 2 is 2.00 bits per heavy atom. The summed E-state index contributed by atoms with van der Waals surface area (Å²) in [6.45, 7) is 1.98. The maximum absolute atomic E-state index is 12.5. The van der Waals surface area contributed by atoms with E-state index in [9.17, 15) is 9.00 Å². The number of methoxy groups -OCH3 is 1. The molecule has 2 N–H and O–H groups in total. The molecule has 0 aliphatic rings. The van der Waals surface area contributed by atoms with Crippen molar-refractivity contribution in [1.29, 1.82) is 0 Å². The first-order chi connectivity index (χ1) is 10.6. The van der Waals surface area contributed by atoms with Gasteiger partial charge in [-0.05, 0) is 24.6 Å². The molecular formula is C15H15N3Na2O3S. The molecule has 0 aliphatic heterocycles. The van der Waals surface area contributed by atoms with Crippen molar-refractivity contribution in [2.45, 2.75) is 17.8 Å². The summed E-state index contributed by atoms with van der Waals surface area (Å²) >= 11 is 0. The van der Waals surface area contributed by atoms with E-state index in [-0.39, 0.29) is 76.0 Å². The number of imidazole rings is 1. The Labute approximate surface area is 185 Å². The largest absolute Gasteiger partial charge is 0.491 e. The number of aromatic nitrogens is 3. The number of pyridine rings is 1. The number of benzene rings is 1. The van der Waals surface area contributed by atoms with Gasteiger partial charge in [0.05, 0.1) is 40.4 Å². The molecule has 0 amide bonds. The van der Waals surface area contributed by atoms with Crippen molar-refractivity contribution in [3.8, 4) is 5.75 Å². The molecule has 0 saturated heterocycles. The molecule has 3 rings (SSSR count). The Kier molecular flexibility index (Phi) is 8.41. The van der Waals surface area contributed by atoms with Crippen molar-refractivity contribution >= 4 is 80.9 Å². The monoisotopic (exact) mass is 363 g/mol. The number of ether oxygens (including phenoxy) is 1. The van der Waals surface area contributed by atoms with Crippen molar-refractivity contribution in [2.75, 3.05) is 7.11 Å². The van der Waals surface area contributed by atoms with Gasteiger partial charge in [-0.2, -0.15) is 0 Å². The van der Waals surface area contributed by atoms with Crippen LogP contribution in [0.4, 0.5) is 0 Å². The summed E-state index contributed by atoms with van der Waals surface area (Å²) in [5, 5.41) is 0.382. The van der Waals surface area contributed by atoms with E-state index in [0.717, 1.165) is 16.6 Å². The SMILES string of the molecule is COc1c(CS(=O)c2nc3ccc(C)cc3[nH]2)[nH]ccc1=O.[Na].[Na]. The van der Waals surface area contributed by atoms with Crippen molar-refractivity contribution in [3.63, 3.8) is 0 Å². The molecular weight excluding hydrogens is 348 g/mol. The van der Waals surface area contributed by atoms with Crippen molar-refractivity contribution in [3.05, 3.63) is 51.9 Å². The molecule has 2 radical (unpaired) electrons. The molecule has 1 aromatic carbocycles. The van der Waals surface area contributed by atoms with E-state index in [0.29, 0.717) is 10.9 Å². The van der Waals surface area contributed by atoms with Gasteiger partial charge in [0.1, 0.15) is 0 Å². The van der Waals surface area contributed by atoms with Crippen LogP contribution in [0.3, 0.4) is 0 Å². The predicted molar refractivity (Wildman–Crippen MR) is 96.1 cm³/mol. The normalized spacial score (nSPS) is 11.4. The number of nitrogens with one attached hydrogen (secondary N) is 2. The smallest absolute Gasteiger partial charge is 0.223 e. The fraction of sp³-hybridized carbons (Fsp3) is 0.200. The summed E-state index contributed by atoms with van der Waals surface area (Å²) in [5.41, 5.74) is 2.96. The molecule has 2 heterocycles. The summed E-state index contributed by atoms with van der Waals surface area (Å²) in [5.74, 6) is 0.306. The predicted octanol–water partition coefficient (Wildman–Crippen LogP) is 1.11. The molecule has 0 spiro atoms. The van der Waals surface area contributed by atoms with Gasteiger partial charge in [0, 0.05) is 71.4 Å². The maximum atomic E-state index is 12.5. The number of aromatic amines is 2. The zero-order valence-electron chi connectivity index (χ0n) is 14.2. The van der Waals surface area contributed by atoms with Crippen LogP contribution >= 0.6 is 0 Å². The van der Waals surface area contributed by atoms with Gasteiger partial charge >= 0.3 is 0 Å². The van der Waals surface area contributed by atoms with Crippen LogP contribution in [0.2, 0.25) is 0 Å². The number of rotatable bonds is 4. The fourth-order valence-electron chi connectivity index (χ4n) is 2.25. The Morgan fingerprint density at radius 1 is 1.25 bits per heavy atom. The number of hydrogen-bond donors (Lipinski definition) is 2. The van der Waals surface area contributed by atoms with E-state index in [1.807, 2.05) is 25.1 Å². The van der Waals surface area contributed by atoms with Crippen LogP contribution in [0.15, 0.2) is 40.4 Å². The van der Waals surface area contributed by atoms with Crippen LogP contribution in [0, 0.1) is 6.92 Å². The first-order valence-corrected chi connectivity index (χ1v) is 7.99. The van der Waals surface area contributed by atoms with E-state index in [4.69, 9.17) is 4.74 Å². The van der Waals surface area contributed by atoms with E-state index in [1.54, 1.807) is 0 Å². The third-order valence-corrected chi connectivity index (χ3v) is 4.48. The molecule has 1 unspecified atom stereocenters. The van der Waals surface area contributed by atoms with E-state index < -0.39 is 10.8 Å². The van der Waals surface area contributed by atoms with Crippen LogP contribution in [0.5, 0.6) is 5.75 Å². The maximum Gasteiger partial charge on any atom is 0.223 e. The van der Waals surface area contributed by atoms with Crippen LogP contribution in [0.25, 0.3) is 11.0 Å². The molecule has 116 valence electrons.